The molecule has 0 aliphatic rings. The number of rotatable bonds is 5. The molecule has 4 heteroatoms. The number of nitrogens with zero attached hydrogens (tertiary/aromatic N) is 1. The summed E-state index contributed by atoms with van der Waals surface area (Å²) in [6.07, 6.45) is 0. The number of nitrogens with one attached hydrogen (secondary N) is 1. The van der Waals surface area contributed by atoms with Crippen LogP contribution in [0.15, 0.2) is 38.8 Å². The van der Waals surface area contributed by atoms with Gasteiger partial charge in [0.15, 0.2) is 0 Å². The fraction of sp³-hybridized carbons (Fsp3) is 0.400. The Kier molecular flexibility index (Phi) is 4.66. The monoisotopic (exact) mass is 276 g/mol. The standard InChI is InChI=1S/C15H20N2OS/c1-5-16-11(3)13-6-8-14(9-7-13)19-15-17-10(2)12(4)18-15/h6-9,11,16H,5H2,1-4H3. The van der Waals surface area contributed by atoms with Gasteiger partial charge in [-0.25, -0.2) is 4.98 Å². The second-order valence-corrected chi connectivity index (χ2v) is 5.60. The summed E-state index contributed by atoms with van der Waals surface area (Å²) >= 11 is 1.56. The third-order valence-corrected chi connectivity index (χ3v) is 3.96. The van der Waals surface area contributed by atoms with Crippen LogP contribution in [0.3, 0.4) is 0 Å². The molecule has 0 fully saturated rings. The van der Waals surface area contributed by atoms with E-state index >= 15 is 0 Å². The van der Waals surface area contributed by atoms with Gasteiger partial charge >= 0.3 is 0 Å². The fourth-order valence-electron chi connectivity index (χ4n) is 1.84. The molecule has 0 radical (unpaired) electrons. The van der Waals surface area contributed by atoms with Crippen molar-refractivity contribution >= 4 is 11.8 Å². The molecule has 2 aromatic rings. The lowest BCUT2D eigenvalue weighted by molar-refractivity contribution is 0.431. The van der Waals surface area contributed by atoms with Gasteiger partial charge in [0.25, 0.3) is 5.22 Å². The van der Waals surface area contributed by atoms with E-state index in [1.54, 1.807) is 11.8 Å². The van der Waals surface area contributed by atoms with Crippen molar-refractivity contribution in [3.05, 3.63) is 41.3 Å². The summed E-state index contributed by atoms with van der Waals surface area (Å²) in [5.74, 6) is 0.889. The number of aryl methyl sites for hydroxylation is 2. The van der Waals surface area contributed by atoms with E-state index in [1.165, 1.54) is 5.56 Å². The average Bonchev–Trinajstić information content (AvgIpc) is 2.69. The number of aromatic nitrogens is 1. The lowest BCUT2D eigenvalue weighted by Gasteiger charge is -2.12. The molecule has 3 nitrogen and oxygen atoms in total. The van der Waals surface area contributed by atoms with Crippen molar-refractivity contribution in [1.29, 1.82) is 0 Å². The molecule has 0 saturated carbocycles. The highest BCUT2D eigenvalue weighted by Gasteiger charge is 2.08. The third kappa shape index (κ3) is 3.61. The first kappa shape index (κ1) is 14.2. The first-order chi connectivity index (χ1) is 9.10. The Morgan fingerprint density at radius 2 is 1.95 bits per heavy atom. The first-order valence-electron chi connectivity index (χ1n) is 6.55. The molecule has 2 rings (SSSR count). The molecule has 1 N–H and O–H groups in total. The van der Waals surface area contributed by atoms with E-state index < -0.39 is 0 Å². The highest BCUT2D eigenvalue weighted by Crippen LogP contribution is 2.29. The molecule has 0 bridgehead atoms. The lowest BCUT2D eigenvalue weighted by Crippen LogP contribution is -2.17. The summed E-state index contributed by atoms with van der Waals surface area (Å²) in [5, 5.41) is 4.11. The normalized spacial score (nSPS) is 12.6. The molecule has 19 heavy (non-hydrogen) atoms. The summed E-state index contributed by atoms with van der Waals surface area (Å²) in [6.45, 7) is 9.17. The lowest BCUT2D eigenvalue weighted by atomic mass is 10.1. The molecule has 102 valence electrons. The molecule has 0 saturated heterocycles. The molecule has 1 aromatic heterocycles. The van der Waals surface area contributed by atoms with E-state index in [0.717, 1.165) is 22.9 Å². The van der Waals surface area contributed by atoms with E-state index in [9.17, 15) is 0 Å². The van der Waals surface area contributed by atoms with Gasteiger partial charge in [-0.3, -0.25) is 0 Å². The van der Waals surface area contributed by atoms with Gasteiger partial charge in [0.2, 0.25) is 0 Å². The van der Waals surface area contributed by atoms with Gasteiger partial charge in [-0.1, -0.05) is 19.1 Å². The summed E-state index contributed by atoms with van der Waals surface area (Å²) in [6, 6.07) is 8.91. The van der Waals surface area contributed by atoms with E-state index in [0.29, 0.717) is 11.3 Å². The topological polar surface area (TPSA) is 38.1 Å². The maximum absolute atomic E-state index is 5.57. The molecular formula is C15H20N2OS. The Balaban J connectivity index is 2.06. The maximum Gasteiger partial charge on any atom is 0.260 e. The summed E-state index contributed by atoms with van der Waals surface area (Å²) < 4.78 is 5.57. The SMILES string of the molecule is CCNC(C)c1ccc(Sc2nc(C)c(C)o2)cc1. The van der Waals surface area contributed by atoms with Crippen LogP contribution in [0.5, 0.6) is 0 Å². The number of benzene rings is 1. The van der Waals surface area contributed by atoms with Gasteiger partial charge in [0, 0.05) is 10.9 Å². The van der Waals surface area contributed by atoms with Crippen LogP contribution in [-0.4, -0.2) is 11.5 Å². The van der Waals surface area contributed by atoms with Crippen LogP contribution >= 0.6 is 11.8 Å². The van der Waals surface area contributed by atoms with Crippen LogP contribution in [0.1, 0.15) is 36.9 Å². The zero-order valence-corrected chi connectivity index (χ0v) is 12.7. The highest BCUT2D eigenvalue weighted by molar-refractivity contribution is 7.99. The zero-order valence-electron chi connectivity index (χ0n) is 11.9. The fourth-order valence-corrected chi connectivity index (χ4v) is 2.66. The van der Waals surface area contributed by atoms with Crippen LogP contribution < -0.4 is 5.32 Å². The van der Waals surface area contributed by atoms with Gasteiger partial charge in [-0.05, 0) is 56.8 Å². The second kappa shape index (κ2) is 6.26. The van der Waals surface area contributed by atoms with Crippen molar-refractivity contribution in [2.24, 2.45) is 0 Å². The smallest absolute Gasteiger partial charge is 0.260 e. The molecule has 1 aromatic carbocycles. The molecule has 0 aliphatic carbocycles. The van der Waals surface area contributed by atoms with Crippen molar-refractivity contribution in [1.82, 2.24) is 10.3 Å². The Hall–Kier alpha value is -1.26. The second-order valence-electron chi connectivity index (χ2n) is 4.57. The quantitative estimate of drug-likeness (QED) is 0.891. The molecule has 0 amide bonds. The highest BCUT2D eigenvalue weighted by atomic mass is 32.2. The van der Waals surface area contributed by atoms with Crippen LogP contribution in [0.2, 0.25) is 0 Å². The van der Waals surface area contributed by atoms with Gasteiger partial charge in [0.1, 0.15) is 5.76 Å². The number of hydrogen-bond donors (Lipinski definition) is 1. The molecule has 1 heterocycles. The molecule has 0 aliphatic heterocycles. The van der Waals surface area contributed by atoms with Gasteiger partial charge in [0.05, 0.1) is 5.69 Å². The maximum atomic E-state index is 5.57. The first-order valence-corrected chi connectivity index (χ1v) is 7.37. The Morgan fingerprint density at radius 3 is 2.47 bits per heavy atom. The number of hydrogen-bond acceptors (Lipinski definition) is 4. The molecule has 0 spiro atoms. The summed E-state index contributed by atoms with van der Waals surface area (Å²) in [7, 11) is 0. The summed E-state index contributed by atoms with van der Waals surface area (Å²) in [5.41, 5.74) is 2.26. The van der Waals surface area contributed by atoms with E-state index in [2.05, 4.69) is 48.4 Å². The van der Waals surface area contributed by atoms with Crippen molar-refractivity contribution in [2.75, 3.05) is 6.54 Å². The molecule has 1 unspecified atom stereocenters. The molecule has 1 atom stereocenters. The van der Waals surface area contributed by atoms with Crippen molar-refractivity contribution in [3.63, 3.8) is 0 Å². The zero-order chi connectivity index (χ0) is 13.8. The van der Waals surface area contributed by atoms with Crippen LogP contribution in [-0.2, 0) is 0 Å². The Morgan fingerprint density at radius 1 is 1.26 bits per heavy atom. The van der Waals surface area contributed by atoms with Crippen LogP contribution in [0, 0.1) is 13.8 Å². The Labute approximate surface area is 118 Å². The van der Waals surface area contributed by atoms with Crippen LogP contribution in [0.25, 0.3) is 0 Å². The minimum atomic E-state index is 0.385. The van der Waals surface area contributed by atoms with Gasteiger partial charge in [-0.15, -0.1) is 0 Å². The van der Waals surface area contributed by atoms with Crippen molar-refractivity contribution in [3.8, 4) is 0 Å². The van der Waals surface area contributed by atoms with Crippen LogP contribution in [0.4, 0.5) is 0 Å². The third-order valence-electron chi connectivity index (χ3n) is 3.10. The average molecular weight is 276 g/mol. The Bertz CT molecular complexity index is 514. The van der Waals surface area contributed by atoms with Crippen molar-refractivity contribution in [2.45, 2.75) is 43.9 Å². The van der Waals surface area contributed by atoms with Gasteiger partial charge in [-0.2, -0.15) is 0 Å². The van der Waals surface area contributed by atoms with Crippen molar-refractivity contribution < 1.29 is 4.42 Å². The minimum absolute atomic E-state index is 0.385. The van der Waals surface area contributed by atoms with Gasteiger partial charge < -0.3 is 9.73 Å². The minimum Gasteiger partial charge on any atom is -0.436 e. The predicted octanol–water partition coefficient (Wildman–Crippen LogP) is 4.11. The summed E-state index contributed by atoms with van der Waals surface area (Å²) in [4.78, 5) is 5.52. The molecular weight excluding hydrogens is 256 g/mol. The largest absolute Gasteiger partial charge is 0.436 e. The number of oxazole rings is 1. The van der Waals surface area contributed by atoms with E-state index in [4.69, 9.17) is 4.42 Å². The van der Waals surface area contributed by atoms with E-state index in [-0.39, 0.29) is 0 Å². The predicted molar refractivity (Wildman–Crippen MR) is 78.6 cm³/mol. The van der Waals surface area contributed by atoms with E-state index in [1.807, 2.05) is 13.8 Å².